The Morgan fingerprint density at radius 1 is 0.519 bits per heavy atom. The van der Waals surface area contributed by atoms with Gasteiger partial charge in [0.1, 0.15) is 23.0 Å². The molecule has 0 spiro atoms. The van der Waals surface area contributed by atoms with Crippen LogP contribution in [0.25, 0.3) is 0 Å². The molecule has 4 aromatic rings. The SMILES string of the molecule is C[Si](C)(C)O[Si](C)(CCCN)CCCN.Nc1ccccc1Oc1ccccc1C(c1ccccc1Oc1ccccc1N)(C(F)(F)F)C(F)(F)F. The third-order valence-corrected chi connectivity index (χ3v) is 15.3. The van der Waals surface area contributed by atoms with Crippen molar-refractivity contribution in [2.24, 2.45) is 11.5 Å². The second-order valence-corrected chi connectivity index (χ2v) is 22.4. The number of alkyl halides is 6. The summed E-state index contributed by atoms with van der Waals surface area (Å²) in [6.45, 7) is 10.7. The summed E-state index contributed by atoms with van der Waals surface area (Å²) in [6.07, 6.45) is -9.57. The van der Waals surface area contributed by atoms with E-state index in [1.807, 2.05) is 0 Å². The van der Waals surface area contributed by atoms with Crippen molar-refractivity contribution < 1.29 is 39.9 Å². The number of anilines is 2. The number of nitrogen functional groups attached to an aromatic ring is 2. The van der Waals surface area contributed by atoms with Crippen molar-refractivity contribution in [3.05, 3.63) is 108 Å². The molecule has 0 atom stereocenters. The van der Waals surface area contributed by atoms with Crippen LogP contribution in [0.5, 0.6) is 23.0 Å². The molecule has 0 unspecified atom stereocenters. The highest BCUT2D eigenvalue weighted by molar-refractivity contribution is 6.84. The maximum Gasteiger partial charge on any atom is 0.411 e. The number of rotatable bonds is 14. The van der Waals surface area contributed by atoms with Gasteiger partial charge in [-0.15, -0.1) is 0 Å². The van der Waals surface area contributed by atoms with Crippen LogP contribution in [0.1, 0.15) is 24.0 Å². The molecule has 0 aliphatic carbocycles. The molecule has 0 aliphatic rings. The summed E-state index contributed by atoms with van der Waals surface area (Å²) >= 11 is 0. The van der Waals surface area contributed by atoms with Crippen LogP contribution in [0.15, 0.2) is 97.1 Å². The number of para-hydroxylation sites is 6. The zero-order valence-corrected chi connectivity index (χ0v) is 31.8. The lowest BCUT2D eigenvalue weighted by atomic mass is 9.72. The fourth-order valence-corrected chi connectivity index (χ4v) is 14.8. The van der Waals surface area contributed by atoms with E-state index in [0.717, 1.165) is 62.3 Å². The Kier molecular flexibility index (Phi) is 14.4. The van der Waals surface area contributed by atoms with Gasteiger partial charge in [-0.05, 0) is 101 Å². The van der Waals surface area contributed by atoms with Gasteiger partial charge < -0.3 is 36.5 Å². The molecule has 0 aliphatic heterocycles. The molecule has 0 amide bonds. The van der Waals surface area contributed by atoms with Crippen LogP contribution in [0.2, 0.25) is 38.3 Å². The number of hydrogen-bond donors (Lipinski definition) is 4. The fraction of sp³-hybridized carbons (Fsp3) is 0.351. The lowest BCUT2D eigenvalue weighted by Crippen LogP contribution is -2.55. The van der Waals surface area contributed by atoms with E-state index >= 15 is 0 Å². The zero-order chi connectivity index (χ0) is 38.8. The number of nitrogens with two attached hydrogens (primary N) is 4. The van der Waals surface area contributed by atoms with E-state index in [4.69, 9.17) is 36.5 Å². The highest BCUT2D eigenvalue weighted by atomic mass is 28.4. The van der Waals surface area contributed by atoms with E-state index in [1.165, 1.54) is 60.6 Å². The predicted molar refractivity (Wildman–Crippen MR) is 201 cm³/mol. The van der Waals surface area contributed by atoms with Gasteiger partial charge in [-0.3, -0.25) is 0 Å². The van der Waals surface area contributed by atoms with Crippen LogP contribution < -0.4 is 32.4 Å². The van der Waals surface area contributed by atoms with Crippen LogP contribution in [0.4, 0.5) is 37.7 Å². The van der Waals surface area contributed by atoms with E-state index in [2.05, 4.69) is 26.2 Å². The van der Waals surface area contributed by atoms with Crippen LogP contribution in [0.3, 0.4) is 0 Å². The maximum absolute atomic E-state index is 15.0. The second-order valence-electron chi connectivity index (χ2n) is 13.5. The Labute approximate surface area is 303 Å². The summed E-state index contributed by atoms with van der Waals surface area (Å²) in [5.74, 6) is -1.56. The van der Waals surface area contributed by atoms with Crippen molar-refractivity contribution in [3.8, 4) is 23.0 Å². The number of hydrogen-bond acceptors (Lipinski definition) is 7. The minimum absolute atomic E-state index is 0.0326. The van der Waals surface area contributed by atoms with E-state index in [1.54, 1.807) is 12.1 Å². The molecule has 52 heavy (non-hydrogen) atoms. The Hall–Kier alpha value is -4.03. The molecule has 15 heteroatoms. The molecule has 0 aromatic heterocycles. The summed E-state index contributed by atoms with van der Waals surface area (Å²) < 4.78 is 107. The monoisotopic (exact) mass is 766 g/mol. The highest BCUT2D eigenvalue weighted by Crippen LogP contribution is 2.60. The molecule has 8 N–H and O–H groups in total. The molecule has 284 valence electrons. The van der Waals surface area contributed by atoms with Crippen LogP contribution in [-0.4, -0.2) is 42.1 Å². The van der Waals surface area contributed by atoms with Gasteiger partial charge in [-0.25, -0.2) is 0 Å². The molecular weight excluding hydrogens is 719 g/mol. The molecule has 0 bridgehead atoms. The topological polar surface area (TPSA) is 132 Å². The van der Waals surface area contributed by atoms with E-state index < -0.39 is 57.0 Å². The van der Waals surface area contributed by atoms with E-state index in [-0.39, 0.29) is 22.9 Å². The van der Waals surface area contributed by atoms with Gasteiger partial charge in [0.25, 0.3) is 0 Å². The van der Waals surface area contributed by atoms with Crippen molar-refractivity contribution in [3.63, 3.8) is 0 Å². The first-order valence-electron chi connectivity index (χ1n) is 16.8. The molecule has 4 aromatic carbocycles. The van der Waals surface area contributed by atoms with Gasteiger partial charge in [-0.1, -0.05) is 60.7 Å². The quantitative estimate of drug-likeness (QED) is 0.0571. The third kappa shape index (κ3) is 10.5. The smallest absolute Gasteiger partial charge is 0.411 e. The van der Waals surface area contributed by atoms with Gasteiger partial charge in [0, 0.05) is 11.1 Å². The first-order valence-corrected chi connectivity index (χ1v) is 23.0. The summed E-state index contributed by atoms with van der Waals surface area (Å²) in [4.78, 5) is 0. The van der Waals surface area contributed by atoms with Crippen LogP contribution in [-0.2, 0) is 9.53 Å². The minimum atomic E-state index is -5.88. The first-order chi connectivity index (χ1) is 24.3. The molecule has 4 rings (SSSR count). The summed E-state index contributed by atoms with van der Waals surface area (Å²) in [7, 11) is -2.94. The lowest BCUT2D eigenvalue weighted by molar-refractivity contribution is -0.289. The average Bonchev–Trinajstić information content (AvgIpc) is 3.05. The molecular formula is C37H48F6N4O3Si2. The van der Waals surface area contributed by atoms with Crippen molar-refractivity contribution in [2.75, 3.05) is 24.6 Å². The summed E-state index contributed by atoms with van der Waals surface area (Å²) in [5, 5.41) is 0. The molecule has 0 saturated heterocycles. The van der Waals surface area contributed by atoms with Crippen molar-refractivity contribution >= 4 is 28.0 Å². The maximum atomic E-state index is 15.0. The Balaban J connectivity index is 0.000000411. The Bertz CT molecular complexity index is 1620. The molecule has 0 heterocycles. The summed E-state index contributed by atoms with van der Waals surface area (Å²) in [6, 6.07) is 22.1. The predicted octanol–water partition coefficient (Wildman–Crippen LogP) is 9.96. The molecule has 0 fully saturated rings. The Morgan fingerprint density at radius 3 is 1.15 bits per heavy atom. The van der Waals surface area contributed by atoms with Gasteiger partial charge >= 0.3 is 12.4 Å². The van der Waals surface area contributed by atoms with Gasteiger partial charge in [0.15, 0.2) is 16.6 Å². The standard InChI is InChI=1S/C27H20F6N2O2.C10H28N2OSi2/c28-26(29,30)25(27(31,32)33,17-9-1-5-13-21(17)36-23-15-7-3-11-19(23)34)18-10-2-6-14-22(18)37-24-16-8-4-12-20(24)35;1-14(2,3)13-15(4,9-5-7-11)10-6-8-12/h1-16H,34-35H2;5-12H2,1-4H3. The van der Waals surface area contributed by atoms with Gasteiger partial charge in [0.05, 0.1) is 11.4 Å². The summed E-state index contributed by atoms with van der Waals surface area (Å²) in [5.41, 5.74) is 16.0. The number of ether oxygens (including phenoxy) is 2. The lowest BCUT2D eigenvalue weighted by Gasteiger charge is -2.39. The average molecular weight is 767 g/mol. The normalized spacial score (nSPS) is 12.5. The van der Waals surface area contributed by atoms with Gasteiger partial charge in [-0.2, -0.15) is 26.3 Å². The van der Waals surface area contributed by atoms with E-state index in [9.17, 15) is 26.3 Å². The number of halogens is 6. The molecule has 0 radical (unpaired) electrons. The van der Waals surface area contributed by atoms with Crippen molar-refractivity contribution in [1.29, 1.82) is 0 Å². The number of benzene rings is 4. The second kappa shape index (κ2) is 17.7. The van der Waals surface area contributed by atoms with E-state index in [0.29, 0.717) is 0 Å². The molecule has 7 nitrogen and oxygen atoms in total. The van der Waals surface area contributed by atoms with Crippen molar-refractivity contribution in [2.45, 2.75) is 68.9 Å². The molecule has 0 saturated carbocycles. The van der Waals surface area contributed by atoms with Crippen LogP contribution >= 0.6 is 0 Å². The minimum Gasteiger partial charge on any atom is -0.456 e. The highest BCUT2D eigenvalue weighted by Gasteiger charge is 2.74. The van der Waals surface area contributed by atoms with Crippen LogP contribution in [0, 0.1) is 0 Å². The zero-order valence-electron chi connectivity index (χ0n) is 29.8. The fourth-order valence-electron chi connectivity index (χ4n) is 5.95. The van der Waals surface area contributed by atoms with Gasteiger partial charge in [0.2, 0.25) is 5.41 Å². The third-order valence-electron chi connectivity index (χ3n) is 8.08. The Morgan fingerprint density at radius 2 is 0.846 bits per heavy atom. The first kappa shape index (κ1) is 42.4. The largest absolute Gasteiger partial charge is 0.456 e. The van der Waals surface area contributed by atoms with Crippen molar-refractivity contribution in [1.82, 2.24) is 0 Å².